The van der Waals surface area contributed by atoms with Gasteiger partial charge in [0.05, 0.1) is 12.1 Å². The maximum absolute atomic E-state index is 11.5. The van der Waals surface area contributed by atoms with Crippen molar-refractivity contribution in [2.75, 3.05) is 36.4 Å². The number of nitrogens with zero attached hydrogens (tertiary/aromatic N) is 6. The van der Waals surface area contributed by atoms with E-state index in [1.807, 2.05) is 37.3 Å². The summed E-state index contributed by atoms with van der Waals surface area (Å²) in [5.74, 6) is 1.12. The summed E-state index contributed by atoms with van der Waals surface area (Å²) in [6.07, 6.45) is 3.98. The molecule has 156 valence electrons. The van der Waals surface area contributed by atoms with Crippen LogP contribution in [0, 0.1) is 0 Å². The Balaban J connectivity index is 1.50. The van der Waals surface area contributed by atoms with Crippen LogP contribution in [0.1, 0.15) is 19.2 Å². The Bertz CT molecular complexity index is 1010. The lowest BCUT2D eigenvalue weighted by Gasteiger charge is -2.34. The predicted molar refractivity (Wildman–Crippen MR) is 114 cm³/mol. The zero-order chi connectivity index (χ0) is 20.9. The fraction of sp³-hybridized carbons (Fsp3) is 0.381. The molecule has 0 aliphatic carbocycles. The zero-order valence-corrected chi connectivity index (χ0v) is 16.9. The number of benzene rings is 1. The molecule has 30 heavy (non-hydrogen) atoms. The largest absolute Gasteiger partial charge is 0.480 e. The van der Waals surface area contributed by atoms with Crippen LogP contribution in [0.15, 0.2) is 42.7 Å². The minimum absolute atomic E-state index is 0.465. The molecule has 1 atom stereocenters. The van der Waals surface area contributed by atoms with Crippen LogP contribution in [-0.4, -0.2) is 68.1 Å². The van der Waals surface area contributed by atoms with Gasteiger partial charge in [0.2, 0.25) is 5.95 Å². The van der Waals surface area contributed by atoms with Crippen molar-refractivity contribution < 1.29 is 9.90 Å². The van der Waals surface area contributed by atoms with Crippen LogP contribution in [0.3, 0.4) is 0 Å². The van der Waals surface area contributed by atoms with E-state index in [1.54, 1.807) is 12.4 Å². The number of carboxylic acid groups (broad SMARTS) is 1. The SMILES string of the molecule is CCC(Nc1nc(CN2CCN(c3ncccn3)CC2)nc2ccccc12)C(=O)O. The molecule has 9 heteroatoms. The highest BCUT2D eigenvalue weighted by molar-refractivity contribution is 5.90. The van der Waals surface area contributed by atoms with E-state index in [0.29, 0.717) is 24.6 Å². The van der Waals surface area contributed by atoms with Crippen molar-refractivity contribution >= 4 is 28.6 Å². The Kier molecular flexibility index (Phi) is 5.99. The van der Waals surface area contributed by atoms with Crippen LogP contribution < -0.4 is 10.2 Å². The summed E-state index contributed by atoms with van der Waals surface area (Å²) in [5, 5.41) is 13.3. The molecule has 1 aliphatic rings. The Hall–Kier alpha value is -3.33. The molecule has 2 N–H and O–H groups in total. The zero-order valence-electron chi connectivity index (χ0n) is 16.9. The van der Waals surface area contributed by atoms with Crippen LogP contribution in [-0.2, 0) is 11.3 Å². The summed E-state index contributed by atoms with van der Waals surface area (Å²) in [4.78, 5) is 34.0. The van der Waals surface area contributed by atoms with Gasteiger partial charge in [0.1, 0.15) is 17.7 Å². The molecule has 2 aromatic heterocycles. The number of rotatable bonds is 7. The third-order valence-electron chi connectivity index (χ3n) is 5.24. The van der Waals surface area contributed by atoms with Crippen molar-refractivity contribution in [2.24, 2.45) is 0 Å². The monoisotopic (exact) mass is 407 g/mol. The van der Waals surface area contributed by atoms with Crippen LogP contribution >= 0.6 is 0 Å². The Morgan fingerprint density at radius 3 is 2.53 bits per heavy atom. The molecule has 1 aliphatic heterocycles. The van der Waals surface area contributed by atoms with Gasteiger partial charge in [0.25, 0.3) is 0 Å². The summed E-state index contributed by atoms with van der Waals surface area (Å²) in [7, 11) is 0. The second-order valence-corrected chi connectivity index (χ2v) is 7.26. The van der Waals surface area contributed by atoms with E-state index < -0.39 is 12.0 Å². The van der Waals surface area contributed by atoms with Crippen molar-refractivity contribution in [1.82, 2.24) is 24.8 Å². The van der Waals surface area contributed by atoms with Crippen LogP contribution in [0.25, 0.3) is 10.9 Å². The van der Waals surface area contributed by atoms with Gasteiger partial charge in [0.15, 0.2) is 0 Å². The molecule has 1 aromatic carbocycles. The number of piperazine rings is 1. The van der Waals surface area contributed by atoms with E-state index >= 15 is 0 Å². The van der Waals surface area contributed by atoms with Gasteiger partial charge < -0.3 is 15.3 Å². The average molecular weight is 407 g/mol. The molecule has 3 aromatic rings. The van der Waals surface area contributed by atoms with Crippen molar-refractivity contribution in [2.45, 2.75) is 25.9 Å². The van der Waals surface area contributed by atoms with Crippen LogP contribution in [0.5, 0.6) is 0 Å². The molecule has 0 amide bonds. The number of carboxylic acids is 1. The van der Waals surface area contributed by atoms with Gasteiger partial charge in [-0.15, -0.1) is 0 Å². The van der Waals surface area contributed by atoms with Crippen molar-refractivity contribution in [3.05, 3.63) is 48.5 Å². The molecule has 4 rings (SSSR count). The average Bonchev–Trinajstić information content (AvgIpc) is 2.78. The first-order valence-electron chi connectivity index (χ1n) is 10.1. The third kappa shape index (κ3) is 4.46. The molecule has 1 unspecified atom stereocenters. The van der Waals surface area contributed by atoms with E-state index in [-0.39, 0.29) is 0 Å². The van der Waals surface area contributed by atoms with Gasteiger partial charge in [-0.3, -0.25) is 4.90 Å². The minimum atomic E-state index is -0.888. The number of para-hydroxylation sites is 1. The number of anilines is 2. The van der Waals surface area contributed by atoms with E-state index in [0.717, 1.165) is 43.0 Å². The number of fused-ring (bicyclic) bond motifs is 1. The Morgan fingerprint density at radius 2 is 1.83 bits per heavy atom. The molecule has 1 saturated heterocycles. The van der Waals surface area contributed by atoms with E-state index in [4.69, 9.17) is 4.98 Å². The predicted octanol–water partition coefficient (Wildman–Crippen LogP) is 2.02. The van der Waals surface area contributed by atoms with Gasteiger partial charge in [0, 0.05) is 44.0 Å². The summed E-state index contributed by atoms with van der Waals surface area (Å²) < 4.78 is 0. The molecule has 9 nitrogen and oxygen atoms in total. The molecule has 0 saturated carbocycles. The number of hydrogen-bond acceptors (Lipinski definition) is 8. The lowest BCUT2D eigenvalue weighted by Crippen LogP contribution is -2.46. The summed E-state index contributed by atoms with van der Waals surface area (Å²) in [6, 6.07) is 8.80. The molecular formula is C21H25N7O2. The highest BCUT2D eigenvalue weighted by Crippen LogP contribution is 2.22. The summed E-state index contributed by atoms with van der Waals surface area (Å²) in [5.41, 5.74) is 0.807. The Morgan fingerprint density at radius 1 is 1.10 bits per heavy atom. The van der Waals surface area contributed by atoms with Gasteiger partial charge in [-0.25, -0.2) is 24.7 Å². The molecule has 0 radical (unpaired) electrons. The van der Waals surface area contributed by atoms with Crippen molar-refractivity contribution in [1.29, 1.82) is 0 Å². The number of nitrogens with one attached hydrogen (secondary N) is 1. The maximum atomic E-state index is 11.5. The van der Waals surface area contributed by atoms with Gasteiger partial charge in [-0.2, -0.15) is 0 Å². The first-order chi connectivity index (χ1) is 14.6. The van der Waals surface area contributed by atoms with Crippen LogP contribution in [0.4, 0.5) is 11.8 Å². The van der Waals surface area contributed by atoms with Gasteiger partial charge in [-0.05, 0) is 24.6 Å². The topological polar surface area (TPSA) is 107 Å². The second kappa shape index (κ2) is 9.00. The first kappa shape index (κ1) is 20.0. The molecular weight excluding hydrogens is 382 g/mol. The summed E-state index contributed by atoms with van der Waals surface area (Å²) in [6.45, 7) is 5.81. The van der Waals surface area contributed by atoms with Crippen LogP contribution in [0.2, 0.25) is 0 Å². The van der Waals surface area contributed by atoms with Gasteiger partial charge >= 0.3 is 5.97 Å². The fourth-order valence-electron chi connectivity index (χ4n) is 3.57. The van der Waals surface area contributed by atoms with E-state index in [2.05, 4.69) is 30.1 Å². The Labute approximate surface area is 174 Å². The normalized spacial score (nSPS) is 15.8. The highest BCUT2D eigenvalue weighted by Gasteiger charge is 2.21. The maximum Gasteiger partial charge on any atom is 0.326 e. The molecule has 1 fully saturated rings. The lowest BCUT2D eigenvalue weighted by molar-refractivity contribution is -0.137. The number of aliphatic carboxylic acids is 1. The van der Waals surface area contributed by atoms with Gasteiger partial charge in [-0.1, -0.05) is 19.1 Å². The molecule has 0 bridgehead atoms. The molecule has 0 spiro atoms. The lowest BCUT2D eigenvalue weighted by atomic mass is 10.2. The first-order valence-corrected chi connectivity index (χ1v) is 10.1. The number of carbonyl (C=O) groups is 1. The number of hydrogen-bond donors (Lipinski definition) is 2. The number of aromatic nitrogens is 4. The second-order valence-electron chi connectivity index (χ2n) is 7.26. The quantitative estimate of drug-likeness (QED) is 0.608. The van der Waals surface area contributed by atoms with Crippen molar-refractivity contribution in [3.63, 3.8) is 0 Å². The fourth-order valence-corrected chi connectivity index (χ4v) is 3.57. The van der Waals surface area contributed by atoms with Crippen molar-refractivity contribution in [3.8, 4) is 0 Å². The third-order valence-corrected chi connectivity index (χ3v) is 5.24. The standard InChI is InChI=1S/C21H25N7O2/c1-2-16(20(29)30)25-19-15-6-3-4-7-17(15)24-18(26-19)14-27-10-12-28(13-11-27)21-22-8-5-9-23-21/h3-9,16H,2,10-14H2,1H3,(H,29,30)(H,24,25,26). The summed E-state index contributed by atoms with van der Waals surface area (Å²) >= 11 is 0. The smallest absolute Gasteiger partial charge is 0.326 e. The highest BCUT2D eigenvalue weighted by atomic mass is 16.4. The minimum Gasteiger partial charge on any atom is -0.480 e. The van der Waals surface area contributed by atoms with E-state index in [9.17, 15) is 9.90 Å². The van der Waals surface area contributed by atoms with E-state index in [1.165, 1.54) is 0 Å². The molecule has 3 heterocycles.